The molecule has 1 aliphatic rings. The summed E-state index contributed by atoms with van der Waals surface area (Å²) in [4.78, 5) is 8.01. The van der Waals surface area contributed by atoms with Gasteiger partial charge in [-0.3, -0.25) is 4.98 Å². The number of hydrogen-bond donors (Lipinski definition) is 1. The first-order chi connectivity index (χ1) is 6.77. The van der Waals surface area contributed by atoms with Gasteiger partial charge in [-0.25, -0.2) is 9.37 Å². The summed E-state index contributed by atoms with van der Waals surface area (Å²) in [5.74, 6) is 0.420. The molecule has 4 nitrogen and oxygen atoms in total. The monoisotopic (exact) mass is 197 g/mol. The molecule has 1 aromatic rings. The van der Waals surface area contributed by atoms with Gasteiger partial charge in [0.15, 0.2) is 6.17 Å². The van der Waals surface area contributed by atoms with Crippen molar-refractivity contribution in [2.24, 2.45) is 0 Å². The summed E-state index contributed by atoms with van der Waals surface area (Å²) in [5.41, 5.74) is 0.687. The van der Waals surface area contributed by atoms with Crippen LogP contribution in [0.5, 0.6) is 5.88 Å². The minimum absolute atomic E-state index is 0.351. The van der Waals surface area contributed by atoms with E-state index >= 15 is 0 Å². The van der Waals surface area contributed by atoms with E-state index in [9.17, 15) is 4.39 Å². The third-order valence-electron chi connectivity index (χ3n) is 2.19. The average molecular weight is 197 g/mol. The van der Waals surface area contributed by atoms with Crippen LogP contribution in [0.2, 0.25) is 0 Å². The number of rotatable bonds is 2. The minimum Gasteiger partial charge on any atom is -0.469 e. The van der Waals surface area contributed by atoms with Gasteiger partial charge >= 0.3 is 0 Å². The molecule has 1 saturated heterocycles. The molecule has 2 rings (SSSR count). The predicted octanol–water partition coefficient (Wildman–Crippen LogP) is 0.474. The van der Waals surface area contributed by atoms with Crippen molar-refractivity contribution in [2.75, 3.05) is 13.1 Å². The molecule has 2 heterocycles. The Kier molecular flexibility index (Phi) is 2.58. The Morgan fingerprint density at radius 1 is 1.43 bits per heavy atom. The molecular weight excluding hydrogens is 185 g/mol. The number of nitrogens with zero attached hydrogens (tertiary/aromatic N) is 2. The van der Waals surface area contributed by atoms with Crippen molar-refractivity contribution in [1.29, 1.82) is 0 Å². The lowest BCUT2D eigenvalue weighted by molar-refractivity contribution is 0.133. The smallest absolute Gasteiger partial charge is 0.235 e. The largest absolute Gasteiger partial charge is 0.469 e. The van der Waals surface area contributed by atoms with E-state index in [0.717, 1.165) is 0 Å². The van der Waals surface area contributed by atoms with Crippen LogP contribution in [0.15, 0.2) is 12.4 Å². The van der Waals surface area contributed by atoms with Crippen LogP contribution in [-0.4, -0.2) is 35.3 Å². The molecule has 0 aromatic carbocycles. The number of nitrogens with one attached hydrogen (secondary N) is 1. The van der Waals surface area contributed by atoms with Crippen LogP contribution in [-0.2, 0) is 0 Å². The van der Waals surface area contributed by atoms with Crippen LogP contribution < -0.4 is 10.1 Å². The summed E-state index contributed by atoms with van der Waals surface area (Å²) < 4.78 is 18.6. The SMILES string of the molecule is Cc1nccnc1OC1CNCC1F. The fraction of sp³-hybridized carbons (Fsp3) is 0.556. The van der Waals surface area contributed by atoms with E-state index in [0.29, 0.717) is 24.7 Å². The number of aryl methyl sites for hydroxylation is 1. The second-order valence-electron chi connectivity index (χ2n) is 3.28. The Morgan fingerprint density at radius 3 is 2.86 bits per heavy atom. The van der Waals surface area contributed by atoms with E-state index in [2.05, 4.69) is 15.3 Å². The minimum atomic E-state index is -0.962. The molecule has 2 unspecified atom stereocenters. The van der Waals surface area contributed by atoms with Gasteiger partial charge in [-0.15, -0.1) is 0 Å². The second-order valence-corrected chi connectivity index (χ2v) is 3.28. The van der Waals surface area contributed by atoms with Gasteiger partial charge in [0, 0.05) is 25.5 Å². The first kappa shape index (κ1) is 9.33. The molecule has 14 heavy (non-hydrogen) atoms. The molecule has 0 aliphatic carbocycles. The van der Waals surface area contributed by atoms with E-state index in [1.165, 1.54) is 6.20 Å². The van der Waals surface area contributed by atoms with Gasteiger partial charge in [-0.1, -0.05) is 0 Å². The number of halogens is 1. The highest BCUT2D eigenvalue weighted by Gasteiger charge is 2.29. The molecule has 76 valence electrons. The zero-order valence-electron chi connectivity index (χ0n) is 7.90. The zero-order valence-corrected chi connectivity index (χ0v) is 7.90. The predicted molar refractivity (Wildman–Crippen MR) is 49.0 cm³/mol. The third kappa shape index (κ3) is 1.82. The molecule has 0 bridgehead atoms. The van der Waals surface area contributed by atoms with Crippen LogP contribution in [0.25, 0.3) is 0 Å². The molecule has 1 fully saturated rings. The Morgan fingerprint density at radius 2 is 2.21 bits per heavy atom. The molecule has 1 aromatic heterocycles. The van der Waals surface area contributed by atoms with Crippen LogP contribution >= 0.6 is 0 Å². The average Bonchev–Trinajstić information content (AvgIpc) is 2.56. The molecule has 0 spiro atoms. The van der Waals surface area contributed by atoms with Gasteiger partial charge in [0.05, 0.1) is 5.69 Å². The van der Waals surface area contributed by atoms with Crippen molar-refractivity contribution in [2.45, 2.75) is 19.2 Å². The zero-order chi connectivity index (χ0) is 9.97. The van der Waals surface area contributed by atoms with Crippen molar-refractivity contribution >= 4 is 0 Å². The van der Waals surface area contributed by atoms with Gasteiger partial charge in [0.1, 0.15) is 6.10 Å². The van der Waals surface area contributed by atoms with Crippen LogP contribution in [0, 0.1) is 6.92 Å². The molecule has 1 aliphatic heterocycles. The highest BCUT2D eigenvalue weighted by Crippen LogP contribution is 2.16. The van der Waals surface area contributed by atoms with Crippen LogP contribution in [0.1, 0.15) is 5.69 Å². The lowest BCUT2D eigenvalue weighted by atomic mass is 10.3. The maximum atomic E-state index is 13.2. The molecule has 0 saturated carbocycles. The van der Waals surface area contributed by atoms with Crippen LogP contribution in [0.3, 0.4) is 0 Å². The molecule has 1 N–H and O–H groups in total. The Balaban J connectivity index is 2.07. The van der Waals surface area contributed by atoms with E-state index in [4.69, 9.17) is 4.74 Å². The Hall–Kier alpha value is -1.23. The summed E-state index contributed by atoms with van der Waals surface area (Å²) >= 11 is 0. The third-order valence-corrected chi connectivity index (χ3v) is 2.19. The Labute approximate surface area is 81.5 Å². The first-order valence-electron chi connectivity index (χ1n) is 4.56. The lowest BCUT2D eigenvalue weighted by Crippen LogP contribution is -2.27. The quantitative estimate of drug-likeness (QED) is 0.748. The highest BCUT2D eigenvalue weighted by molar-refractivity contribution is 5.15. The lowest BCUT2D eigenvalue weighted by Gasteiger charge is -2.14. The van der Waals surface area contributed by atoms with Gasteiger partial charge in [0.2, 0.25) is 5.88 Å². The number of alkyl halides is 1. The molecule has 0 amide bonds. The first-order valence-corrected chi connectivity index (χ1v) is 4.56. The summed E-state index contributed by atoms with van der Waals surface area (Å²) in [6.45, 7) is 2.67. The van der Waals surface area contributed by atoms with E-state index in [1.54, 1.807) is 13.1 Å². The molecular formula is C9H12FN3O. The molecule has 2 atom stereocenters. The topological polar surface area (TPSA) is 47.0 Å². The van der Waals surface area contributed by atoms with E-state index in [1.807, 2.05) is 0 Å². The Bertz CT molecular complexity index is 321. The fourth-order valence-corrected chi connectivity index (χ4v) is 1.39. The number of ether oxygens (including phenoxy) is 1. The van der Waals surface area contributed by atoms with Crippen molar-refractivity contribution in [3.63, 3.8) is 0 Å². The maximum absolute atomic E-state index is 13.2. The van der Waals surface area contributed by atoms with E-state index < -0.39 is 12.3 Å². The van der Waals surface area contributed by atoms with Crippen molar-refractivity contribution < 1.29 is 9.13 Å². The molecule has 0 radical (unpaired) electrons. The summed E-state index contributed by atoms with van der Waals surface area (Å²) in [6.07, 6.45) is 1.72. The second kappa shape index (κ2) is 3.88. The van der Waals surface area contributed by atoms with Gasteiger partial charge in [0.25, 0.3) is 0 Å². The maximum Gasteiger partial charge on any atom is 0.235 e. The summed E-state index contributed by atoms with van der Waals surface area (Å²) in [7, 11) is 0. The standard InChI is InChI=1S/C9H12FN3O/c1-6-9(13-3-2-12-6)14-8-5-11-4-7(8)10/h2-3,7-8,11H,4-5H2,1H3. The van der Waals surface area contributed by atoms with Crippen molar-refractivity contribution in [1.82, 2.24) is 15.3 Å². The van der Waals surface area contributed by atoms with Gasteiger partial charge < -0.3 is 10.1 Å². The van der Waals surface area contributed by atoms with Crippen molar-refractivity contribution in [3.05, 3.63) is 18.1 Å². The van der Waals surface area contributed by atoms with Gasteiger partial charge in [-0.2, -0.15) is 0 Å². The number of hydrogen-bond acceptors (Lipinski definition) is 4. The van der Waals surface area contributed by atoms with Gasteiger partial charge in [-0.05, 0) is 6.92 Å². The molecule has 5 heteroatoms. The summed E-state index contributed by atoms with van der Waals surface area (Å²) in [6, 6.07) is 0. The fourth-order valence-electron chi connectivity index (χ4n) is 1.39. The van der Waals surface area contributed by atoms with Crippen molar-refractivity contribution in [3.8, 4) is 5.88 Å². The normalized spacial score (nSPS) is 26.4. The van der Waals surface area contributed by atoms with E-state index in [-0.39, 0.29) is 0 Å². The highest BCUT2D eigenvalue weighted by atomic mass is 19.1. The van der Waals surface area contributed by atoms with Crippen LogP contribution in [0.4, 0.5) is 4.39 Å². The summed E-state index contributed by atoms with van der Waals surface area (Å²) in [5, 5.41) is 2.91. The number of aromatic nitrogens is 2.